The summed E-state index contributed by atoms with van der Waals surface area (Å²) in [4.78, 5) is 11.5. The molecule has 0 atom stereocenters. The van der Waals surface area contributed by atoms with Crippen LogP contribution in [0.15, 0.2) is 24.3 Å². The van der Waals surface area contributed by atoms with Gasteiger partial charge in [0.2, 0.25) is 0 Å². The number of rotatable bonds is 6. The molecule has 1 rings (SSSR count). The minimum atomic E-state index is -3.65. The van der Waals surface area contributed by atoms with Crippen LogP contribution in [-0.2, 0) is 15.0 Å². The van der Waals surface area contributed by atoms with E-state index in [1.807, 2.05) is 0 Å². The summed E-state index contributed by atoms with van der Waals surface area (Å²) < 4.78 is 35.9. The van der Waals surface area contributed by atoms with E-state index in [0.717, 1.165) is 4.31 Å². The van der Waals surface area contributed by atoms with Gasteiger partial charge in [-0.2, -0.15) is 17.4 Å². The molecule has 0 saturated carbocycles. The molecule has 0 amide bonds. The minimum absolute atomic E-state index is 0.235. The fourth-order valence-corrected chi connectivity index (χ4v) is 1.70. The summed E-state index contributed by atoms with van der Waals surface area (Å²) in [6.45, 7) is -0.460. The van der Waals surface area contributed by atoms with E-state index in [9.17, 15) is 13.2 Å². The summed E-state index contributed by atoms with van der Waals surface area (Å²) in [6.07, 6.45) is 0. The van der Waals surface area contributed by atoms with Crippen LogP contribution in [0.4, 0.5) is 0 Å². The molecule has 0 saturated heterocycles. The van der Waals surface area contributed by atoms with Gasteiger partial charge in [-0.3, -0.25) is 4.79 Å². The van der Waals surface area contributed by atoms with E-state index >= 15 is 0 Å². The van der Waals surface area contributed by atoms with E-state index in [2.05, 4.69) is 4.72 Å². The SMILES string of the molecule is COc1ccccc1OC(=O)CNS(=O)(=O)N(C)C. The van der Waals surface area contributed by atoms with Gasteiger partial charge in [0.1, 0.15) is 6.54 Å². The normalized spacial score (nSPS) is 11.4. The highest BCUT2D eigenvalue weighted by atomic mass is 32.2. The lowest BCUT2D eigenvalue weighted by atomic mass is 10.3. The van der Waals surface area contributed by atoms with Crippen molar-refractivity contribution in [3.63, 3.8) is 0 Å². The van der Waals surface area contributed by atoms with Crippen LogP contribution in [-0.4, -0.2) is 46.4 Å². The third-order valence-electron chi connectivity index (χ3n) is 2.17. The molecular formula is C11H16N2O5S. The molecule has 19 heavy (non-hydrogen) atoms. The van der Waals surface area contributed by atoms with Gasteiger partial charge in [-0.15, -0.1) is 0 Å². The predicted octanol–water partition coefficient (Wildman–Crippen LogP) is -0.00340. The van der Waals surface area contributed by atoms with Crippen molar-refractivity contribution in [3.8, 4) is 11.5 Å². The number of carbonyl (C=O) groups is 1. The van der Waals surface area contributed by atoms with Crippen LogP contribution in [0.2, 0.25) is 0 Å². The van der Waals surface area contributed by atoms with Crippen LogP contribution >= 0.6 is 0 Å². The van der Waals surface area contributed by atoms with Crippen molar-refractivity contribution in [2.45, 2.75) is 0 Å². The third-order valence-corrected chi connectivity index (χ3v) is 3.64. The molecule has 0 bridgehead atoms. The summed E-state index contributed by atoms with van der Waals surface area (Å²) in [5.74, 6) is -0.0970. The molecule has 0 spiro atoms. The number of ether oxygens (including phenoxy) is 2. The molecule has 106 valence electrons. The molecule has 0 unspecified atom stereocenters. The maximum Gasteiger partial charge on any atom is 0.326 e. The molecule has 1 aromatic rings. The quantitative estimate of drug-likeness (QED) is 0.588. The van der Waals surface area contributed by atoms with E-state index < -0.39 is 22.7 Å². The molecular weight excluding hydrogens is 272 g/mol. The smallest absolute Gasteiger partial charge is 0.326 e. The Morgan fingerprint density at radius 2 is 1.84 bits per heavy atom. The predicted molar refractivity (Wildman–Crippen MR) is 69.2 cm³/mol. The average molecular weight is 288 g/mol. The van der Waals surface area contributed by atoms with Crippen molar-refractivity contribution in [2.24, 2.45) is 0 Å². The Morgan fingerprint density at radius 1 is 1.26 bits per heavy atom. The molecule has 1 N–H and O–H groups in total. The third kappa shape index (κ3) is 4.51. The molecule has 0 fully saturated rings. The van der Waals surface area contributed by atoms with E-state index in [4.69, 9.17) is 9.47 Å². The van der Waals surface area contributed by atoms with Gasteiger partial charge in [0, 0.05) is 14.1 Å². The van der Waals surface area contributed by atoms with Gasteiger partial charge >= 0.3 is 5.97 Å². The molecule has 0 aromatic heterocycles. The summed E-state index contributed by atoms with van der Waals surface area (Å²) in [7, 11) is 0.506. The number of hydrogen-bond donors (Lipinski definition) is 1. The zero-order chi connectivity index (χ0) is 14.5. The Kier molecular flexibility index (Phi) is 5.28. The number of nitrogens with zero attached hydrogens (tertiary/aromatic N) is 1. The highest BCUT2D eigenvalue weighted by Gasteiger charge is 2.16. The second-order valence-corrected chi connectivity index (χ2v) is 5.70. The van der Waals surface area contributed by atoms with Gasteiger partial charge in [0.15, 0.2) is 11.5 Å². The maximum atomic E-state index is 11.5. The summed E-state index contributed by atoms with van der Waals surface area (Å²) in [5, 5.41) is 0. The first kappa shape index (κ1) is 15.4. The number of esters is 1. The van der Waals surface area contributed by atoms with E-state index in [1.165, 1.54) is 21.2 Å². The van der Waals surface area contributed by atoms with Crippen LogP contribution in [0.1, 0.15) is 0 Å². The van der Waals surface area contributed by atoms with Gasteiger partial charge in [-0.25, -0.2) is 0 Å². The lowest BCUT2D eigenvalue weighted by molar-refractivity contribution is -0.133. The number of hydrogen-bond acceptors (Lipinski definition) is 5. The fraction of sp³-hybridized carbons (Fsp3) is 0.364. The monoisotopic (exact) mass is 288 g/mol. The standard InChI is InChI=1S/C11H16N2O5S/c1-13(2)19(15,16)12-8-11(14)18-10-7-5-4-6-9(10)17-3/h4-7,12H,8H2,1-3H3. The number of nitrogens with one attached hydrogen (secondary N) is 1. The Hall–Kier alpha value is -1.64. The van der Waals surface area contributed by atoms with Crippen LogP contribution in [0.3, 0.4) is 0 Å². The molecule has 1 aromatic carbocycles. The van der Waals surface area contributed by atoms with Crippen molar-refractivity contribution in [1.82, 2.24) is 9.03 Å². The number of benzene rings is 1. The minimum Gasteiger partial charge on any atom is -0.493 e. The van der Waals surface area contributed by atoms with E-state index in [1.54, 1.807) is 24.3 Å². The molecule has 0 aliphatic carbocycles. The van der Waals surface area contributed by atoms with Gasteiger partial charge in [-0.1, -0.05) is 12.1 Å². The molecule has 8 heteroatoms. The zero-order valence-electron chi connectivity index (χ0n) is 10.9. The van der Waals surface area contributed by atoms with Gasteiger partial charge in [0.25, 0.3) is 10.2 Å². The van der Waals surface area contributed by atoms with Crippen molar-refractivity contribution in [1.29, 1.82) is 0 Å². The summed E-state index contributed by atoms with van der Waals surface area (Å²) in [5.41, 5.74) is 0. The molecule has 0 aliphatic heterocycles. The van der Waals surface area contributed by atoms with Crippen LogP contribution < -0.4 is 14.2 Å². The van der Waals surface area contributed by atoms with Crippen molar-refractivity contribution in [3.05, 3.63) is 24.3 Å². The summed E-state index contributed by atoms with van der Waals surface area (Å²) in [6, 6.07) is 6.59. The number of carbonyl (C=O) groups excluding carboxylic acids is 1. The fourth-order valence-electron chi connectivity index (χ4n) is 1.14. The lowest BCUT2D eigenvalue weighted by Crippen LogP contribution is -2.39. The van der Waals surface area contributed by atoms with E-state index in [0.29, 0.717) is 5.75 Å². The second kappa shape index (κ2) is 6.50. The lowest BCUT2D eigenvalue weighted by Gasteiger charge is -2.12. The van der Waals surface area contributed by atoms with Crippen LogP contribution in [0.25, 0.3) is 0 Å². The van der Waals surface area contributed by atoms with Gasteiger partial charge in [-0.05, 0) is 12.1 Å². The molecule has 0 aliphatic rings. The second-order valence-electron chi connectivity index (χ2n) is 3.73. The first-order valence-corrected chi connectivity index (χ1v) is 6.81. The van der Waals surface area contributed by atoms with Gasteiger partial charge < -0.3 is 9.47 Å². The Morgan fingerprint density at radius 3 is 2.37 bits per heavy atom. The highest BCUT2D eigenvalue weighted by molar-refractivity contribution is 7.87. The Bertz CT molecular complexity index is 542. The van der Waals surface area contributed by atoms with Crippen molar-refractivity contribution in [2.75, 3.05) is 27.7 Å². The van der Waals surface area contributed by atoms with Crippen LogP contribution in [0, 0.1) is 0 Å². The largest absolute Gasteiger partial charge is 0.493 e. The maximum absolute atomic E-state index is 11.5. The Labute approximate surface area is 112 Å². The zero-order valence-corrected chi connectivity index (χ0v) is 11.7. The molecule has 0 heterocycles. The topological polar surface area (TPSA) is 84.9 Å². The van der Waals surface area contributed by atoms with Crippen LogP contribution in [0.5, 0.6) is 11.5 Å². The summed E-state index contributed by atoms with van der Waals surface area (Å²) >= 11 is 0. The Balaban J connectivity index is 2.62. The average Bonchev–Trinajstić information content (AvgIpc) is 2.37. The highest BCUT2D eigenvalue weighted by Crippen LogP contribution is 2.25. The molecule has 0 radical (unpaired) electrons. The van der Waals surface area contributed by atoms with Gasteiger partial charge in [0.05, 0.1) is 7.11 Å². The van der Waals surface area contributed by atoms with Crippen molar-refractivity contribution >= 4 is 16.2 Å². The van der Waals surface area contributed by atoms with Crippen molar-refractivity contribution < 1.29 is 22.7 Å². The first-order chi connectivity index (χ1) is 8.86. The number of para-hydroxylation sites is 2. The number of methoxy groups -OCH3 is 1. The molecule has 7 nitrogen and oxygen atoms in total. The van der Waals surface area contributed by atoms with E-state index in [-0.39, 0.29) is 5.75 Å². The first-order valence-electron chi connectivity index (χ1n) is 5.37.